The van der Waals surface area contributed by atoms with E-state index in [4.69, 9.17) is 10.2 Å². The van der Waals surface area contributed by atoms with Crippen molar-refractivity contribution in [2.24, 2.45) is 0 Å². The van der Waals surface area contributed by atoms with Crippen molar-refractivity contribution < 1.29 is 28.2 Å². The van der Waals surface area contributed by atoms with Gasteiger partial charge in [0.05, 0.1) is 0 Å². The average molecular weight is 160 g/mol. The van der Waals surface area contributed by atoms with Crippen LogP contribution in [0.1, 0.15) is 6.92 Å². The second kappa shape index (κ2) is 6.34. The van der Waals surface area contributed by atoms with Crippen LogP contribution in [0.3, 0.4) is 0 Å². The fourth-order valence-electron chi connectivity index (χ4n) is 0. The summed E-state index contributed by atoms with van der Waals surface area (Å²) in [4.78, 5) is 9.45. The number of carboxylic acids is 1. The molecule has 0 rings (SSSR count). The molecule has 0 aromatic heterocycles. The maximum atomic E-state index is 9.67. The van der Waals surface area contributed by atoms with Crippen LogP contribution in [0.15, 0.2) is 0 Å². The highest BCUT2D eigenvalue weighted by Gasteiger charge is 2.01. The number of carboxylic acid groups (broad SMARTS) is 1. The van der Waals surface area contributed by atoms with Crippen molar-refractivity contribution in [1.82, 2.24) is 0 Å². The molecule has 0 fully saturated rings. The highest BCUT2D eigenvalue weighted by Crippen LogP contribution is 1.87. The third-order valence-electron chi connectivity index (χ3n) is 0.357. The molecule has 1 unspecified atom stereocenters. The molecule has 3 nitrogen and oxygen atoms in total. The Labute approximate surface area is 55.1 Å². The molecular weight excluding hydrogens is 153 g/mol. The number of rotatable bonds is 1. The van der Waals surface area contributed by atoms with Crippen LogP contribution in [0.25, 0.3) is 0 Å². The van der Waals surface area contributed by atoms with Crippen LogP contribution in [0, 0.1) is 0 Å². The molecule has 6 heteroatoms. The predicted octanol–water partition coefficient (Wildman–Crippen LogP) is 0.630. The number of alkyl halides is 3. The van der Waals surface area contributed by atoms with Crippen molar-refractivity contribution >= 4 is 5.97 Å². The third-order valence-corrected chi connectivity index (χ3v) is 0.357. The first-order valence-electron chi connectivity index (χ1n) is 2.21. The number of aliphatic carboxylic acids is 1. The molecule has 0 aliphatic heterocycles. The van der Waals surface area contributed by atoms with E-state index in [-0.39, 0.29) is 0 Å². The molecule has 62 valence electrons. The number of aliphatic hydroxyl groups excluding tert-OH is 1. The summed E-state index contributed by atoms with van der Waals surface area (Å²) in [6, 6.07) is 0. The Balaban J connectivity index is 0. The van der Waals surface area contributed by atoms with Gasteiger partial charge in [0.2, 0.25) is 0 Å². The van der Waals surface area contributed by atoms with E-state index in [1.54, 1.807) is 0 Å². The lowest BCUT2D eigenvalue weighted by molar-refractivity contribution is -0.145. The van der Waals surface area contributed by atoms with E-state index in [2.05, 4.69) is 0 Å². The summed E-state index contributed by atoms with van der Waals surface area (Å²) < 4.78 is 29.0. The van der Waals surface area contributed by atoms with Crippen molar-refractivity contribution in [3.8, 4) is 0 Å². The first-order chi connectivity index (χ1) is 4.37. The Morgan fingerprint density at radius 3 is 1.50 bits per heavy atom. The lowest BCUT2D eigenvalue weighted by atomic mass is 10.4. The first-order valence-corrected chi connectivity index (χ1v) is 2.21. The summed E-state index contributed by atoms with van der Waals surface area (Å²) in [6.07, 6.45) is -1.23. The maximum Gasteiger partial charge on any atom is 0.379 e. The van der Waals surface area contributed by atoms with Crippen LogP contribution in [0.4, 0.5) is 13.2 Å². The molecule has 0 aromatic rings. The standard InChI is InChI=1S/C3H6O3.CHF3/c1-2(4)3(5)6;2-1(3)4/h2,4H,1H3,(H,5,6);1H. The Hall–Kier alpha value is -0.780. The number of hydrogen-bond donors (Lipinski definition) is 2. The van der Waals surface area contributed by atoms with Crippen molar-refractivity contribution in [3.05, 3.63) is 0 Å². The van der Waals surface area contributed by atoms with E-state index in [0.717, 1.165) is 0 Å². The second-order valence-electron chi connectivity index (χ2n) is 1.26. The molecule has 0 heterocycles. The maximum absolute atomic E-state index is 9.67. The SMILES string of the molecule is CC(O)C(=O)O.FC(F)F. The zero-order valence-electron chi connectivity index (χ0n) is 5.09. The van der Waals surface area contributed by atoms with Crippen molar-refractivity contribution in [3.63, 3.8) is 0 Å². The van der Waals surface area contributed by atoms with Gasteiger partial charge in [-0.05, 0) is 6.92 Å². The summed E-state index contributed by atoms with van der Waals surface area (Å²) in [6.45, 7) is -2.47. The largest absolute Gasteiger partial charge is 0.479 e. The van der Waals surface area contributed by atoms with Gasteiger partial charge in [-0.2, -0.15) is 13.2 Å². The van der Waals surface area contributed by atoms with Crippen LogP contribution in [-0.4, -0.2) is 29.0 Å². The molecule has 0 saturated heterocycles. The molecule has 0 bridgehead atoms. The zero-order chi connectivity index (χ0) is 8.73. The Kier molecular flexibility index (Phi) is 7.58. The van der Waals surface area contributed by atoms with Crippen LogP contribution in [0.5, 0.6) is 0 Å². The molecule has 2 N–H and O–H groups in total. The molecule has 1 atom stereocenters. The van der Waals surface area contributed by atoms with Gasteiger partial charge < -0.3 is 10.2 Å². The smallest absolute Gasteiger partial charge is 0.379 e. The molecule has 0 aliphatic carbocycles. The van der Waals surface area contributed by atoms with E-state index in [0.29, 0.717) is 0 Å². The summed E-state index contributed by atoms with van der Waals surface area (Å²) in [5.74, 6) is -1.19. The van der Waals surface area contributed by atoms with Gasteiger partial charge in [-0.1, -0.05) is 0 Å². The molecule has 10 heavy (non-hydrogen) atoms. The van der Waals surface area contributed by atoms with Crippen molar-refractivity contribution in [2.45, 2.75) is 19.7 Å². The van der Waals surface area contributed by atoms with E-state index >= 15 is 0 Å². The molecule has 0 saturated carbocycles. The monoisotopic (exact) mass is 160 g/mol. The fraction of sp³-hybridized carbons (Fsp3) is 0.750. The van der Waals surface area contributed by atoms with E-state index in [1.165, 1.54) is 6.92 Å². The fourth-order valence-corrected chi connectivity index (χ4v) is 0. The van der Waals surface area contributed by atoms with Gasteiger partial charge in [-0.25, -0.2) is 4.79 Å². The van der Waals surface area contributed by atoms with Crippen LogP contribution in [-0.2, 0) is 4.79 Å². The molecule has 0 spiro atoms. The minimum absolute atomic E-state index is 1.19. The quantitative estimate of drug-likeness (QED) is 0.591. The van der Waals surface area contributed by atoms with E-state index in [1.807, 2.05) is 0 Å². The summed E-state index contributed by atoms with van der Waals surface area (Å²) >= 11 is 0. The molecule has 0 radical (unpaired) electrons. The highest BCUT2D eigenvalue weighted by atomic mass is 19.4. The van der Waals surface area contributed by atoms with Gasteiger partial charge in [0.1, 0.15) is 6.10 Å². The summed E-state index contributed by atoms with van der Waals surface area (Å²) in [5, 5.41) is 15.8. The second-order valence-corrected chi connectivity index (χ2v) is 1.26. The summed E-state index contributed by atoms with van der Waals surface area (Å²) in [5.41, 5.74) is 0. The Morgan fingerprint density at radius 2 is 1.50 bits per heavy atom. The molecule has 0 aromatic carbocycles. The van der Waals surface area contributed by atoms with Crippen LogP contribution in [0.2, 0.25) is 0 Å². The van der Waals surface area contributed by atoms with E-state index < -0.39 is 18.8 Å². The number of hydrogen-bond acceptors (Lipinski definition) is 2. The van der Waals surface area contributed by atoms with Crippen molar-refractivity contribution in [1.29, 1.82) is 0 Å². The number of halogens is 3. The van der Waals surface area contributed by atoms with Crippen LogP contribution < -0.4 is 0 Å². The zero-order valence-corrected chi connectivity index (χ0v) is 5.09. The Morgan fingerprint density at radius 1 is 1.40 bits per heavy atom. The van der Waals surface area contributed by atoms with Gasteiger partial charge in [-0.15, -0.1) is 0 Å². The summed E-state index contributed by atoms with van der Waals surface area (Å²) in [7, 11) is 0. The van der Waals surface area contributed by atoms with E-state index in [9.17, 15) is 18.0 Å². The molecule has 0 amide bonds. The third kappa shape index (κ3) is 26.9. The first kappa shape index (κ1) is 12.0. The highest BCUT2D eigenvalue weighted by molar-refractivity contribution is 5.71. The minimum Gasteiger partial charge on any atom is -0.479 e. The van der Waals surface area contributed by atoms with Gasteiger partial charge >= 0.3 is 12.6 Å². The van der Waals surface area contributed by atoms with Gasteiger partial charge in [-0.3, -0.25) is 0 Å². The van der Waals surface area contributed by atoms with Gasteiger partial charge in [0.25, 0.3) is 0 Å². The Bertz CT molecular complexity index is 91.0. The van der Waals surface area contributed by atoms with Crippen molar-refractivity contribution in [2.75, 3.05) is 0 Å². The molecular formula is C4H7F3O3. The predicted molar refractivity (Wildman–Crippen MR) is 26.4 cm³/mol. The molecule has 0 aliphatic rings. The van der Waals surface area contributed by atoms with Gasteiger partial charge in [0.15, 0.2) is 0 Å². The lowest BCUT2D eigenvalue weighted by Gasteiger charge is -1.89. The minimum atomic E-state index is -3.67. The van der Waals surface area contributed by atoms with Gasteiger partial charge in [0, 0.05) is 0 Å². The topological polar surface area (TPSA) is 57.5 Å². The normalized spacial score (nSPS) is 11.8. The average Bonchev–Trinajstić information content (AvgIpc) is 1.63. The lowest BCUT2D eigenvalue weighted by Crippen LogP contribution is -2.13. The van der Waals surface area contributed by atoms with Crippen LogP contribution >= 0.6 is 0 Å². The number of carbonyl (C=O) groups is 1. The number of aliphatic hydroxyl groups is 1.